The summed E-state index contributed by atoms with van der Waals surface area (Å²) >= 11 is 1.07. The first kappa shape index (κ1) is 20.3. The Balaban J connectivity index is 2.18. The zero-order chi connectivity index (χ0) is 20.0. The predicted molar refractivity (Wildman–Crippen MR) is 91.8 cm³/mol. The van der Waals surface area contributed by atoms with Crippen LogP contribution in [-0.4, -0.2) is 28.7 Å². The number of halogens is 3. The summed E-state index contributed by atoms with van der Waals surface area (Å²) in [6.07, 6.45) is -4.12. The SMILES string of the molecule is CCOC(=O)Cc1csc(NN=Cc2c([N+](=O)[O-])cccc2C(F)(F)F)n1. The molecule has 1 heterocycles. The van der Waals surface area contributed by atoms with Gasteiger partial charge in [-0.05, 0) is 13.0 Å². The average Bonchev–Trinajstić information content (AvgIpc) is 3.01. The third-order valence-corrected chi connectivity index (χ3v) is 3.92. The van der Waals surface area contributed by atoms with Gasteiger partial charge >= 0.3 is 12.1 Å². The lowest BCUT2D eigenvalue weighted by Crippen LogP contribution is -2.11. The van der Waals surface area contributed by atoms with Crippen LogP contribution in [0.3, 0.4) is 0 Å². The highest BCUT2D eigenvalue weighted by Crippen LogP contribution is 2.35. The Hall–Kier alpha value is -3.02. The number of benzene rings is 1. The number of nitrogens with one attached hydrogen (secondary N) is 1. The summed E-state index contributed by atoms with van der Waals surface area (Å²) in [7, 11) is 0. The standard InChI is InChI=1S/C15H13F3N4O4S/c1-2-26-13(23)6-9-8-27-14(20-9)21-19-7-10-11(15(16,17)18)4-3-5-12(10)22(24)25/h3-5,7-8H,2,6H2,1H3,(H,20,21). The van der Waals surface area contributed by atoms with E-state index >= 15 is 0 Å². The number of ether oxygens (including phenoxy) is 1. The van der Waals surface area contributed by atoms with Crippen LogP contribution in [0.25, 0.3) is 0 Å². The van der Waals surface area contributed by atoms with E-state index in [0.717, 1.165) is 29.5 Å². The summed E-state index contributed by atoms with van der Waals surface area (Å²) < 4.78 is 44.0. The number of nitro groups is 1. The quantitative estimate of drug-likeness (QED) is 0.328. The molecule has 0 aliphatic heterocycles. The van der Waals surface area contributed by atoms with Gasteiger partial charge in [-0.1, -0.05) is 6.07 Å². The molecule has 0 spiro atoms. The Morgan fingerprint density at radius 1 is 1.48 bits per heavy atom. The van der Waals surface area contributed by atoms with Gasteiger partial charge in [-0.25, -0.2) is 4.98 Å². The van der Waals surface area contributed by atoms with E-state index in [1.165, 1.54) is 0 Å². The van der Waals surface area contributed by atoms with E-state index in [1.807, 2.05) is 0 Å². The summed E-state index contributed by atoms with van der Waals surface area (Å²) in [4.78, 5) is 25.5. The Morgan fingerprint density at radius 3 is 2.85 bits per heavy atom. The Labute approximate surface area is 154 Å². The van der Waals surface area contributed by atoms with E-state index in [2.05, 4.69) is 15.5 Å². The van der Waals surface area contributed by atoms with Crippen molar-refractivity contribution < 1.29 is 27.6 Å². The van der Waals surface area contributed by atoms with Gasteiger partial charge in [0.15, 0.2) is 0 Å². The Morgan fingerprint density at radius 2 is 2.22 bits per heavy atom. The van der Waals surface area contributed by atoms with Gasteiger partial charge in [0, 0.05) is 11.4 Å². The number of hydrogen-bond acceptors (Lipinski definition) is 8. The molecular formula is C15H13F3N4O4S. The Bertz CT molecular complexity index is 867. The number of anilines is 1. The second-order valence-corrected chi connectivity index (χ2v) is 5.85. The van der Waals surface area contributed by atoms with Crippen LogP contribution in [0.2, 0.25) is 0 Å². The number of carbonyl (C=O) groups excluding carboxylic acids is 1. The van der Waals surface area contributed by atoms with Crippen molar-refractivity contribution in [2.45, 2.75) is 19.5 Å². The maximum Gasteiger partial charge on any atom is 0.417 e. The molecule has 144 valence electrons. The molecule has 0 saturated carbocycles. The maximum atomic E-state index is 13.1. The highest BCUT2D eigenvalue weighted by atomic mass is 32.1. The highest BCUT2D eigenvalue weighted by Gasteiger charge is 2.36. The molecule has 2 aromatic rings. The zero-order valence-electron chi connectivity index (χ0n) is 13.8. The van der Waals surface area contributed by atoms with Gasteiger partial charge in [0.05, 0.1) is 41.0 Å². The molecule has 12 heteroatoms. The topological polar surface area (TPSA) is 107 Å². The smallest absolute Gasteiger partial charge is 0.417 e. The number of hydrogen-bond donors (Lipinski definition) is 1. The molecule has 0 saturated heterocycles. The molecule has 0 amide bonds. The number of alkyl halides is 3. The first-order valence-electron chi connectivity index (χ1n) is 7.46. The van der Waals surface area contributed by atoms with Crippen molar-refractivity contribution >= 4 is 34.3 Å². The van der Waals surface area contributed by atoms with Crippen LogP contribution in [0.1, 0.15) is 23.7 Å². The number of aromatic nitrogens is 1. The van der Waals surface area contributed by atoms with Gasteiger partial charge in [0.2, 0.25) is 5.13 Å². The second-order valence-electron chi connectivity index (χ2n) is 4.99. The number of rotatable bonds is 7. The second kappa shape index (κ2) is 8.58. The lowest BCUT2D eigenvalue weighted by Gasteiger charge is -2.09. The van der Waals surface area contributed by atoms with E-state index in [1.54, 1.807) is 12.3 Å². The summed E-state index contributed by atoms with van der Waals surface area (Å²) in [5, 5.41) is 16.4. The molecule has 8 nitrogen and oxygen atoms in total. The number of nitro benzene ring substituents is 1. The van der Waals surface area contributed by atoms with E-state index in [0.29, 0.717) is 11.9 Å². The van der Waals surface area contributed by atoms with Crippen LogP contribution in [0.15, 0.2) is 28.7 Å². The van der Waals surface area contributed by atoms with Crippen LogP contribution in [-0.2, 0) is 22.1 Å². The molecule has 0 aliphatic carbocycles. The summed E-state index contributed by atoms with van der Waals surface area (Å²) in [5.41, 5.74) is 0.223. The number of nitrogens with zero attached hydrogens (tertiary/aromatic N) is 3. The van der Waals surface area contributed by atoms with Crippen molar-refractivity contribution in [1.82, 2.24) is 4.98 Å². The number of carbonyl (C=O) groups is 1. The van der Waals surface area contributed by atoms with Crippen LogP contribution in [0.5, 0.6) is 0 Å². The van der Waals surface area contributed by atoms with Crippen LogP contribution < -0.4 is 5.43 Å². The van der Waals surface area contributed by atoms with Crippen molar-refractivity contribution in [1.29, 1.82) is 0 Å². The molecule has 1 N–H and O–H groups in total. The van der Waals surface area contributed by atoms with E-state index in [4.69, 9.17) is 4.74 Å². The summed E-state index contributed by atoms with van der Waals surface area (Å²) in [6.45, 7) is 1.90. The summed E-state index contributed by atoms with van der Waals surface area (Å²) in [5.74, 6) is -0.465. The molecule has 0 atom stereocenters. The minimum absolute atomic E-state index is 0.0574. The van der Waals surface area contributed by atoms with Gasteiger partial charge in [-0.3, -0.25) is 20.3 Å². The van der Waals surface area contributed by atoms with Gasteiger partial charge in [-0.2, -0.15) is 18.3 Å². The molecular weight excluding hydrogens is 389 g/mol. The van der Waals surface area contributed by atoms with Gasteiger partial charge < -0.3 is 4.74 Å². The molecule has 0 bridgehead atoms. The van der Waals surface area contributed by atoms with Gasteiger partial charge in [-0.15, -0.1) is 11.3 Å². The van der Waals surface area contributed by atoms with Crippen LogP contribution in [0, 0.1) is 10.1 Å². The van der Waals surface area contributed by atoms with Crippen LogP contribution in [0.4, 0.5) is 24.0 Å². The van der Waals surface area contributed by atoms with E-state index in [9.17, 15) is 28.1 Å². The molecule has 1 aromatic heterocycles. The van der Waals surface area contributed by atoms with E-state index in [-0.39, 0.29) is 18.2 Å². The summed E-state index contributed by atoms with van der Waals surface area (Å²) in [6, 6.07) is 2.64. The van der Waals surface area contributed by atoms with Crippen molar-refractivity contribution in [3.63, 3.8) is 0 Å². The number of hydrazone groups is 1. The van der Waals surface area contributed by atoms with Crippen molar-refractivity contribution in [2.75, 3.05) is 12.0 Å². The molecule has 27 heavy (non-hydrogen) atoms. The van der Waals surface area contributed by atoms with Crippen LogP contribution >= 0.6 is 11.3 Å². The largest absolute Gasteiger partial charge is 0.466 e. The minimum atomic E-state index is -4.78. The average molecular weight is 402 g/mol. The maximum absolute atomic E-state index is 13.1. The monoisotopic (exact) mass is 402 g/mol. The third kappa shape index (κ3) is 5.48. The fourth-order valence-corrected chi connectivity index (χ4v) is 2.71. The van der Waals surface area contributed by atoms with Crippen molar-refractivity contribution in [3.8, 4) is 0 Å². The molecule has 0 radical (unpaired) electrons. The van der Waals surface area contributed by atoms with Crippen molar-refractivity contribution in [2.24, 2.45) is 5.10 Å². The van der Waals surface area contributed by atoms with E-state index < -0.39 is 33.9 Å². The molecule has 0 unspecified atom stereocenters. The minimum Gasteiger partial charge on any atom is -0.466 e. The lowest BCUT2D eigenvalue weighted by molar-refractivity contribution is -0.385. The fraction of sp³-hybridized carbons (Fsp3) is 0.267. The van der Waals surface area contributed by atoms with Gasteiger partial charge in [0.1, 0.15) is 0 Å². The molecule has 2 rings (SSSR count). The number of thiazole rings is 1. The van der Waals surface area contributed by atoms with Gasteiger partial charge in [0.25, 0.3) is 5.69 Å². The first-order chi connectivity index (χ1) is 12.7. The van der Waals surface area contributed by atoms with Crippen molar-refractivity contribution in [3.05, 3.63) is 50.5 Å². The first-order valence-corrected chi connectivity index (χ1v) is 8.34. The highest BCUT2D eigenvalue weighted by molar-refractivity contribution is 7.13. The molecule has 1 aromatic carbocycles. The molecule has 0 aliphatic rings. The fourth-order valence-electron chi connectivity index (χ4n) is 2.05. The zero-order valence-corrected chi connectivity index (χ0v) is 14.6. The Kier molecular flexibility index (Phi) is 6.45. The number of esters is 1. The third-order valence-electron chi connectivity index (χ3n) is 3.12. The lowest BCUT2D eigenvalue weighted by atomic mass is 10.1. The normalized spacial score (nSPS) is 11.6. The molecule has 0 fully saturated rings. The predicted octanol–water partition coefficient (Wildman–Crippen LogP) is 3.62.